The molecule has 0 aliphatic carbocycles. The summed E-state index contributed by atoms with van der Waals surface area (Å²) in [5.41, 5.74) is -0.658. The third-order valence-electron chi connectivity index (χ3n) is 5.70. The zero-order chi connectivity index (χ0) is 23.5. The van der Waals surface area contributed by atoms with Crippen molar-refractivity contribution in [3.63, 3.8) is 0 Å². The molecule has 1 heterocycles. The number of anilines is 1. The number of amides is 1. The van der Waals surface area contributed by atoms with Crippen molar-refractivity contribution in [2.24, 2.45) is 5.92 Å². The van der Waals surface area contributed by atoms with E-state index >= 15 is 0 Å². The molecule has 0 N–H and O–H groups in total. The van der Waals surface area contributed by atoms with E-state index in [9.17, 15) is 28.1 Å². The van der Waals surface area contributed by atoms with Crippen LogP contribution in [0, 0.1) is 16.0 Å². The van der Waals surface area contributed by atoms with E-state index < -0.39 is 22.4 Å². The second-order valence-electron chi connectivity index (χ2n) is 7.66. The van der Waals surface area contributed by atoms with E-state index in [0.717, 1.165) is 17.7 Å². The lowest BCUT2D eigenvalue weighted by Crippen LogP contribution is -2.42. The number of carbonyl (C=O) groups excluding carboxylic acids is 1. The molecule has 1 aliphatic rings. The number of hydrogen-bond acceptors (Lipinski definition) is 4. The minimum atomic E-state index is -4.66. The van der Waals surface area contributed by atoms with Crippen molar-refractivity contribution in [3.8, 4) is 0 Å². The van der Waals surface area contributed by atoms with Crippen molar-refractivity contribution in [2.75, 3.05) is 24.5 Å². The van der Waals surface area contributed by atoms with Gasteiger partial charge in [0, 0.05) is 43.2 Å². The molecular weight excluding hydrogens is 447 g/mol. The van der Waals surface area contributed by atoms with Crippen LogP contribution in [0.15, 0.2) is 42.5 Å². The zero-order valence-electron chi connectivity index (χ0n) is 17.4. The molecule has 1 fully saturated rings. The molecule has 0 bridgehead atoms. The molecular formula is C22H23ClF3N3O3. The highest BCUT2D eigenvalue weighted by Gasteiger charge is 2.35. The van der Waals surface area contributed by atoms with Gasteiger partial charge in [-0.3, -0.25) is 14.9 Å². The SMILES string of the molecule is CCN(Cc1ccccc1Cl)C(=O)C1CCN(c2ccc(C(F)(F)F)cc2[N+](=O)[O-])CC1. The Morgan fingerprint density at radius 1 is 1.22 bits per heavy atom. The Labute approximate surface area is 188 Å². The van der Waals surface area contributed by atoms with Crippen LogP contribution >= 0.6 is 11.6 Å². The first-order valence-corrected chi connectivity index (χ1v) is 10.6. The molecule has 1 aliphatic heterocycles. The van der Waals surface area contributed by atoms with Gasteiger partial charge in [0.05, 0.1) is 10.5 Å². The normalized spacial score (nSPS) is 15.0. The number of alkyl halides is 3. The van der Waals surface area contributed by atoms with Crippen LogP contribution < -0.4 is 4.90 Å². The summed E-state index contributed by atoms with van der Waals surface area (Å²) in [6.45, 7) is 3.46. The number of piperidine rings is 1. The summed E-state index contributed by atoms with van der Waals surface area (Å²) in [5, 5.41) is 12.0. The van der Waals surface area contributed by atoms with Gasteiger partial charge in [0.2, 0.25) is 5.91 Å². The molecule has 2 aromatic carbocycles. The number of hydrogen-bond donors (Lipinski definition) is 0. The maximum Gasteiger partial charge on any atom is 0.416 e. The predicted molar refractivity (Wildman–Crippen MR) is 116 cm³/mol. The average Bonchev–Trinajstić information content (AvgIpc) is 2.77. The van der Waals surface area contributed by atoms with Gasteiger partial charge in [0.1, 0.15) is 5.69 Å². The summed E-state index contributed by atoms with van der Waals surface area (Å²) in [6.07, 6.45) is -3.75. The van der Waals surface area contributed by atoms with Crippen LogP contribution in [0.1, 0.15) is 30.9 Å². The lowest BCUT2D eigenvalue weighted by molar-refractivity contribution is -0.384. The lowest BCUT2D eigenvalue weighted by atomic mass is 9.94. The largest absolute Gasteiger partial charge is 0.416 e. The minimum absolute atomic E-state index is 0.0195. The topological polar surface area (TPSA) is 66.7 Å². The Morgan fingerprint density at radius 2 is 1.88 bits per heavy atom. The first-order valence-electron chi connectivity index (χ1n) is 10.2. The second-order valence-corrected chi connectivity index (χ2v) is 8.07. The van der Waals surface area contributed by atoms with Gasteiger partial charge >= 0.3 is 6.18 Å². The number of rotatable bonds is 6. The van der Waals surface area contributed by atoms with Crippen LogP contribution in [0.2, 0.25) is 5.02 Å². The Hall–Kier alpha value is -2.81. The molecule has 0 radical (unpaired) electrons. The lowest BCUT2D eigenvalue weighted by Gasteiger charge is -2.35. The Bertz CT molecular complexity index is 992. The van der Waals surface area contributed by atoms with Crippen LogP contribution in [0.3, 0.4) is 0 Å². The summed E-state index contributed by atoms with van der Waals surface area (Å²) < 4.78 is 38.8. The molecule has 2 aromatic rings. The first kappa shape index (κ1) is 23.8. The van der Waals surface area contributed by atoms with Gasteiger partial charge in [-0.1, -0.05) is 29.8 Å². The monoisotopic (exact) mass is 469 g/mol. The van der Waals surface area contributed by atoms with Crippen LogP contribution in [-0.4, -0.2) is 35.4 Å². The fourth-order valence-corrected chi connectivity index (χ4v) is 4.11. The quantitative estimate of drug-likeness (QED) is 0.412. The van der Waals surface area contributed by atoms with Crippen molar-refractivity contribution >= 4 is 28.9 Å². The van der Waals surface area contributed by atoms with E-state index in [4.69, 9.17) is 11.6 Å². The van der Waals surface area contributed by atoms with E-state index in [-0.39, 0.29) is 17.5 Å². The maximum absolute atomic E-state index is 13.0. The van der Waals surface area contributed by atoms with Gasteiger partial charge in [-0.15, -0.1) is 0 Å². The standard InChI is InChI=1S/C22H23ClF3N3O3/c1-2-27(14-16-5-3-4-6-18(16)23)21(30)15-9-11-28(12-10-15)19-8-7-17(22(24,25)26)13-20(19)29(31)32/h3-8,13,15H,2,9-12,14H2,1H3. The highest BCUT2D eigenvalue weighted by Crippen LogP contribution is 2.38. The third kappa shape index (κ3) is 5.32. The molecule has 0 aromatic heterocycles. The molecule has 10 heteroatoms. The number of nitro benzene ring substituents is 1. The van der Waals surface area contributed by atoms with Crippen molar-refractivity contribution in [2.45, 2.75) is 32.5 Å². The van der Waals surface area contributed by atoms with Gasteiger partial charge < -0.3 is 9.80 Å². The predicted octanol–water partition coefficient (Wildman–Crippen LogP) is 5.53. The molecule has 6 nitrogen and oxygen atoms in total. The molecule has 3 rings (SSSR count). The van der Waals surface area contributed by atoms with Crippen molar-refractivity contribution < 1.29 is 22.9 Å². The Kier molecular flexibility index (Phi) is 7.28. The molecule has 1 saturated heterocycles. The van der Waals surface area contributed by atoms with E-state index in [0.29, 0.717) is 50.1 Å². The summed E-state index contributed by atoms with van der Waals surface area (Å²) in [7, 11) is 0. The van der Waals surface area contributed by atoms with Crippen molar-refractivity contribution in [3.05, 3.63) is 68.7 Å². The molecule has 0 atom stereocenters. The first-order chi connectivity index (χ1) is 15.1. The number of nitro groups is 1. The van der Waals surface area contributed by atoms with Gasteiger partial charge in [-0.2, -0.15) is 13.2 Å². The molecule has 32 heavy (non-hydrogen) atoms. The smallest absolute Gasteiger partial charge is 0.366 e. The van der Waals surface area contributed by atoms with E-state index in [1.54, 1.807) is 15.9 Å². The maximum atomic E-state index is 13.0. The van der Waals surface area contributed by atoms with E-state index in [2.05, 4.69) is 0 Å². The number of nitrogens with zero attached hydrogens (tertiary/aromatic N) is 3. The summed E-state index contributed by atoms with van der Waals surface area (Å²) in [4.78, 5) is 27.0. The third-order valence-corrected chi connectivity index (χ3v) is 6.07. The van der Waals surface area contributed by atoms with Crippen LogP contribution in [0.5, 0.6) is 0 Å². The minimum Gasteiger partial charge on any atom is -0.366 e. The van der Waals surface area contributed by atoms with E-state index in [1.807, 2.05) is 25.1 Å². The van der Waals surface area contributed by atoms with Gasteiger partial charge in [-0.25, -0.2) is 0 Å². The number of halogens is 4. The highest BCUT2D eigenvalue weighted by atomic mass is 35.5. The van der Waals surface area contributed by atoms with Crippen molar-refractivity contribution in [1.29, 1.82) is 0 Å². The fourth-order valence-electron chi connectivity index (χ4n) is 3.92. The summed E-state index contributed by atoms with van der Waals surface area (Å²) in [5.74, 6) is -0.281. The van der Waals surface area contributed by atoms with E-state index in [1.165, 1.54) is 0 Å². The zero-order valence-corrected chi connectivity index (χ0v) is 18.2. The molecule has 0 saturated carbocycles. The Balaban J connectivity index is 1.70. The van der Waals surface area contributed by atoms with Crippen LogP contribution in [0.4, 0.5) is 24.5 Å². The summed E-state index contributed by atoms with van der Waals surface area (Å²) >= 11 is 6.21. The van der Waals surface area contributed by atoms with Gasteiger partial charge in [0.25, 0.3) is 5.69 Å². The van der Waals surface area contributed by atoms with Crippen LogP contribution in [-0.2, 0) is 17.5 Å². The summed E-state index contributed by atoms with van der Waals surface area (Å²) in [6, 6.07) is 9.86. The molecule has 1 amide bonds. The Morgan fingerprint density at radius 3 is 2.44 bits per heavy atom. The number of benzene rings is 2. The average molecular weight is 470 g/mol. The van der Waals surface area contributed by atoms with Gasteiger partial charge in [0.15, 0.2) is 0 Å². The van der Waals surface area contributed by atoms with Crippen molar-refractivity contribution in [1.82, 2.24) is 4.90 Å². The molecule has 0 spiro atoms. The van der Waals surface area contributed by atoms with Gasteiger partial charge in [-0.05, 0) is 43.5 Å². The number of carbonyl (C=O) groups is 1. The van der Waals surface area contributed by atoms with Crippen LogP contribution in [0.25, 0.3) is 0 Å². The molecule has 0 unspecified atom stereocenters. The second kappa shape index (κ2) is 9.77. The fraction of sp³-hybridized carbons (Fsp3) is 0.409. The molecule has 172 valence electrons. The highest BCUT2D eigenvalue weighted by molar-refractivity contribution is 6.31.